The predicted molar refractivity (Wildman–Crippen MR) is 90.2 cm³/mol. The second kappa shape index (κ2) is 8.86. The van der Waals surface area contributed by atoms with Crippen molar-refractivity contribution in [2.75, 3.05) is 13.2 Å². The van der Waals surface area contributed by atoms with E-state index in [9.17, 15) is 4.39 Å². The molecule has 0 amide bonds. The van der Waals surface area contributed by atoms with Gasteiger partial charge in [0.25, 0.3) is 0 Å². The first kappa shape index (κ1) is 18.6. The van der Waals surface area contributed by atoms with E-state index in [-0.39, 0.29) is 17.5 Å². The highest BCUT2D eigenvalue weighted by Crippen LogP contribution is 2.26. The molecule has 0 aromatic heterocycles. The normalized spacial score (nSPS) is 15.7. The van der Waals surface area contributed by atoms with E-state index in [1.807, 2.05) is 13.0 Å². The number of nitrogens with one attached hydrogen (secondary N) is 1. The molecule has 2 nitrogen and oxygen atoms in total. The summed E-state index contributed by atoms with van der Waals surface area (Å²) in [5.41, 5.74) is 0.877. The summed E-state index contributed by atoms with van der Waals surface area (Å²) in [4.78, 5) is 0. The molecule has 0 saturated heterocycles. The molecule has 0 heterocycles. The molecular weight excluding hydrogens is 333 g/mol. The third-order valence-electron chi connectivity index (χ3n) is 3.99. The number of hydrogen-bond acceptors (Lipinski definition) is 2. The van der Waals surface area contributed by atoms with Gasteiger partial charge in [0, 0.05) is 17.1 Å². The molecule has 0 aliphatic carbocycles. The molecule has 1 N–H and O–H groups in total. The van der Waals surface area contributed by atoms with Crippen LogP contribution in [0.1, 0.15) is 46.1 Å². The van der Waals surface area contributed by atoms with Crippen molar-refractivity contribution in [1.82, 2.24) is 5.32 Å². The molecule has 0 aliphatic rings. The van der Waals surface area contributed by atoms with E-state index in [0.29, 0.717) is 6.61 Å². The Labute approximate surface area is 136 Å². The molecular formula is C17H27BrFNO. The topological polar surface area (TPSA) is 21.3 Å². The van der Waals surface area contributed by atoms with E-state index in [0.717, 1.165) is 35.8 Å². The quantitative estimate of drug-likeness (QED) is 0.689. The fourth-order valence-electron chi connectivity index (χ4n) is 2.51. The zero-order chi connectivity index (χ0) is 15.9. The number of halogens is 2. The highest BCUT2D eigenvalue weighted by molar-refractivity contribution is 9.10. The summed E-state index contributed by atoms with van der Waals surface area (Å²) in [5.74, 6) is -0.216. The van der Waals surface area contributed by atoms with E-state index < -0.39 is 0 Å². The second-order valence-electron chi connectivity index (χ2n) is 5.55. The third kappa shape index (κ3) is 5.35. The summed E-state index contributed by atoms with van der Waals surface area (Å²) in [5, 5.41) is 3.60. The zero-order valence-corrected chi connectivity index (χ0v) is 15.1. The van der Waals surface area contributed by atoms with E-state index >= 15 is 0 Å². The Morgan fingerprint density at radius 2 is 2.05 bits per heavy atom. The minimum Gasteiger partial charge on any atom is -0.374 e. The first-order valence-electron chi connectivity index (χ1n) is 7.78. The Hall–Kier alpha value is -0.450. The van der Waals surface area contributed by atoms with Crippen LogP contribution < -0.4 is 5.32 Å². The van der Waals surface area contributed by atoms with Gasteiger partial charge in [0.1, 0.15) is 5.82 Å². The molecule has 0 radical (unpaired) electrons. The number of rotatable bonds is 9. The van der Waals surface area contributed by atoms with Crippen LogP contribution in [0.3, 0.4) is 0 Å². The van der Waals surface area contributed by atoms with Crippen molar-refractivity contribution >= 4 is 15.9 Å². The predicted octanol–water partition coefficient (Wildman–Crippen LogP) is 4.70. The van der Waals surface area contributed by atoms with Crippen molar-refractivity contribution in [3.63, 3.8) is 0 Å². The van der Waals surface area contributed by atoms with Crippen LogP contribution in [0.25, 0.3) is 0 Å². The molecule has 0 spiro atoms. The molecule has 120 valence electrons. The average Bonchev–Trinajstić information content (AvgIpc) is 2.45. The molecule has 0 saturated carbocycles. The van der Waals surface area contributed by atoms with Crippen molar-refractivity contribution in [3.8, 4) is 0 Å². The van der Waals surface area contributed by atoms with Gasteiger partial charge in [0.2, 0.25) is 0 Å². The maximum absolute atomic E-state index is 13.2. The van der Waals surface area contributed by atoms with Gasteiger partial charge < -0.3 is 10.1 Å². The van der Waals surface area contributed by atoms with Gasteiger partial charge in [-0.15, -0.1) is 0 Å². The fourth-order valence-corrected chi connectivity index (χ4v) is 3.02. The maximum Gasteiger partial charge on any atom is 0.124 e. The average molecular weight is 360 g/mol. The minimum absolute atomic E-state index is 0.198. The summed E-state index contributed by atoms with van der Waals surface area (Å²) >= 11 is 3.46. The van der Waals surface area contributed by atoms with Crippen LogP contribution >= 0.6 is 15.9 Å². The van der Waals surface area contributed by atoms with Gasteiger partial charge >= 0.3 is 0 Å². The van der Waals surface area contributed by atoms with E-state index in [1.54, 1.807) is 0 Å². The van der Waals surface area contributed by atoms with Gasteiger partial charge in [-0.25, -0.2) is 4.39 Å². The van der Waals surface area contributed by atoms with Crippen LogP contribution in [-0.4, -0.2) is 24.8 Å². The fraction of sp³-hybridized carbons (Fsp3) is 0.647. The van der Waals surface area contributed by atoms with Crippen LogP contribution in [0.2, 0.25) is 0 Å². The van der Waals surface area contributed by atoms with Gasteiger partial charge in [0.05, 0.1) is 5.60 Å². The van der Waals surface area contributed by atoms with Crippen molar-refractivity contribution in [2.24, 2.45) is 0 Å². The number of hydrogen-bond donors (Lipinski definition) is 1. The molecule has 1 rings (SSSR count). The van der Waals surface area contributed by atoms with Gasteiger partial charge in [-0.05, 0) is 57.4 Å². The number of ether oxygens (including phenoxy) is 1. The Morgan fingerprint density at radius 1 is 1.33 bits per heavy atom. The van der Waals surface area contributed by atoms with E-state index in [2.05, 4.69) is 42.0 Å². The van der Waals surface area contributed by atoms with Crippen molar-refractivity contribution in [1.29, 1.82) is 0 Å². The highest BCUT2D eigenvalue weighted by atomic mass is 79.9. The van der Waals surface area contributed by atoms with Crippen LogP contribution in [0.15, 0.2) is 22.7 Å². The molecule has 0 aliphatic heterocycles. The summed E-state index contributed by atoms with van der Waals surface area (Å²) in [6, 6.07) is 5.09. The lowest BCUT2D eigenvalue weighted by atomic mass is 9.88. The Morgan fingerprint density at radius 3 is 2.57 bits per heavy atom. The molecule has 0 bridgehead atoms. The lowest BCUT2D eigenvalue weighted by Crippen LogP contribution is -2.52. The minimum atomic E-state index is -0.224. The van der Waals surface area contributed by atoms with Crippen LogP contribution in [0.4, 0.5) is 4.39 Å². The van der Waals surface area contributed by atoms with Gasteiger partial charge in [0.15, 0.2) is 0 Å². The van der Waals surface area contributed by atoms with Crippen molar-refractivity contribution in [3.05, 3.63) is 34.1 Å². The number of benzene rings is 1. The molecule has 1 aromatic rings. The smallest absolute Gasteiger partial charge is 0.124 e. The summed E-state index contributed by atoms with van der Waals surface area (Å²) < 4.78 is 20.1. The lowest BCUT2D eigenvalue weighted by Gasteiger charge is -2.38. The summed E-state index contributed by atoms with van der Waals surface area (Å²) in [6.45, 7) is 10.1. The first-order valence-corrected chi connectivity index (χ1v) is 8.57. The van der Waals surface area contributed by atoms with Gasteiger partial charge in [-0.1, -0.05) is 35.8 Å². The first-order chi connectivity index (χ1) is 9.96. The van der Waals surface area contributed by atoms with E-state index in [1.165, 1.54) is 12.1 Å². The Balaban J connectivity index is 2.96. The summed E-state index contributed by atoms with van der Waals surface area (Å²) in [7, 11) is 0. The highest BCUT2D eigenvalue weighted by Gasteiger charge is 2.33. The maximum atomic E-state index is 13.2. The molecule has 2 unspecified atom stereocenters. The van der Waals surface area contributed by atoms with Gasteiger partial charge in [-0.3, -0.25) is 0 Å². The van der Waals surface area contributed by atoms with E-state index in [4.69, 9.17) is 4.74 Å². The monoisotopic (exact) mass is 359 g/mol. The SMILES string of the molecule is CCCNC(Cc1ccc(F)cc1Br)C(C)(CC)OCC. The molecule has 0 fully saturated rings. The van der Waals surface area contributed by atoms with Crippen LogP contribution in [0, 0.1) is 5.82 Å². The standard InChI is InChI=1S/C17H27BrFNO/c1-5-10-20-16(17(4,6-2)21-7-3)11-13-8-9-14(19)12-15(13)18/h8-9,12,16,20H,5-7,10-11H2,1-4H3. The Kier molecular flexibility index (Phi) is 7.85. The van der Waals surface area contributed by atoms with Crippen molar-refractivity contribution in [2.45, 2.75) is 58.6 Å². The zero-order valence-electron chi connectivity index (χ0n) is 13.5. The van der Waals surface area contributed by atoms with Gasteiger partial charge in [-0.2, -0.15) is 0 Å². The summed E-state index contributed by atoms with van der Waals surface area (Å²) in [6.07, 6.45) is 2.82. The Bertz CT molecular complexity index is 441. The largest absolute Gasteiger partial charge is 0.374 e. The van der Waals surface area contributed by atoms with Crippen LogP contribution in [0.5, 0.6) is 0 Å². The van der Waals surface area contributed by atoms with Crippen molar-refractivity contribution < 1.29 is 9.13 Å². The lowest BCUT2D eigenvalue weighted by molar-refractivity contribution is -0.0550. The molecule has 21 heavy (non-hydrogen) atoms. The second-order valence-corrected chi connectivity index (χ2v) is 6.40. The van der Waals surface area contributed by atoms with Crippen LogP contribution in [-0.2, 0) is 11.2 Å². The molecule has 1 aromatic carbocycles. The molecule has 2 atom stereocenters. The third-order valence-corrected chi connectivity index (χ3v) is 4.73. The molecule has 4 heteroatoms.